The molecule has 2 saturated heterocycles. The summed E-state index contributed by atoms with van der Waals surface area (Å²) in [6.45, 7) is 0.230. The predicted octanol–water partition coefficient (Wildman–Crippen LogP) is 4.20. The highest BCUT2D eigenvalue weighted by atomic mass is 16.5. The number of ether oxygens (including phenoxy) is 1. The molecule has 0 spiro atoms. The number of carbonyl (C=O) groups excluding carboxylic acids is 2. The number of hydrogen-bond donors (Lipinski definition) is 2. The van der Waals surface area contributed by atoms with Gasteiger partial charge < -0.3 is 19.5 Å². The van der Waals surface area contributed by atoms with Crippen LogP contribution in [0.1, 0.15) is 56.6 Å². The Bertz CT molecular complexity index is 1190. The van der Waals surface area contributed by atoms with E-state index in [-0.39, 0.29) is 36.1 Å². The molecule has 2 aliphatic heterocycles. The van der Waals surface area contributed by atoms with Crippen molar-refractivity contribution in [3.63, 3.8) is 0 Å². The number of phenolic OH excluding ortho intramolecular Hbond substituents is 1. The molecule has 6 rings (SSSR count). The fourth-order valence-electron chi connectivity index (χ4n) is 6.86. The zero-order valence-electron chi connectivity index (χ0n) is 20.8. The predicted molar refractivity (Wildman–Crippen MR) is 137 cm³/mol. The van der Waals surface area contributed by atoms with E-state index in [1.54, 1.807) is 29.2 Å². The van der Waals surface area contributed by atoms with Gasteiger partial charge in [0.05, 0.1) is 17.9 Å². The first-order valence-electron chi connectivity index (χ1n) is 13.4. The summed E-state index contributed by atoms with van der Waals surface area (Å²) in [5, 5.41) is 21.0. The van der Waals surface area contributed by atoms with Crippen molar-refractivity contribution >= 4 is 18.9 Å². The maximum Gasteiger partial charge on any atom is 0.487 e. The van der Waals surface area contributed by atoms with Gasteiger partial charge in [-0.1, -0.05) is 49.6 Å². The Morgan fingerprint density at radius 1 is 0.946 bits per heavy atom. The van der Waals surface area contributed by atoms with E-state index in [9.17, 15) is 19.7 Å². The number of aromatic hydroxyl groups is 1. The number of rotatable bonds is 5. The highest BCUT2D eigenvalue weighted by molar-refractivity contribution is 6.53. The minimum absolute atomic E-state index is 0.0236. The Hall–Kier alpha value is -3.10. The molecule has 2 aromatic rings. The summed E-state index contributed by atoms with van der Waals surface area (Å²) >= 11 is 0. The minimum atomic E-state index is -1.19. The second kappa shape index (κ2) is 9.99. The number of fused-ring (bicyclic) bond motifs is 3. The molecule has 4 aliphatic rings. The van der Waals surface area contributed by atoms with Gasteiger partial charge in [-0.2, -0.15) is 0 Å². The van der Waals surface area contributed by atoms with Gasteiger partial charge in [-0.25, -0.2) is 0 Å². The van der Waals surface area contributed by atoms with Crippen LogP contribution in [0.4, 0.5) is 0 Å². The molecular weight excluding hydrogens is 469 g/mol. The Morgan fingerprint density at radius 2 is 1.68 bits per heavy atom. The molecule has 2 amide bonds. The Labute approximate surface area is 217 Å². The molecule has 7 nitrogen and oxygen atoms in total. The molecule has 1 saturated carbocycles. The van der Waals surface area contributed by atoms with E-state index < -0.39 is 25.1 Å². The summed E-state index contributed by atoms with van der Waals surface area (Å²) in [7, 11) is -1.19. The third-order valence-electron chi connectivity index (χ3n) is 8.61. The van der Waals surface area contributed by atoms with Crippen molar-refractivity contribution in [3.8, 4) is 11.5 Å². The lowest BCUT2D eigenvalue weighted by Crippen LogP contribution is -2.46. The first-order chi connectivity index (χ1) is 18.0. The zero-order chi connectivity index (χ0) is 25.5. The number of phenols is 1. The van der Waals surface area contributed by atoms with Gasteiger partial charge in [0.25, 0.3) is 0 Å². The van der Waals surface area contributed by atoms with Crippen LogP contribution in [0.2, 0.25) is 0 Å². The molecule has 2 N–H and O–H groups in total. The molecule has 0 radical (unpaired) electrons. The van der Waals surface area contributed by atoms with Gasteiger partial charge in [0, 0.05) is 6.04 Å². The van der Waals surface area contributed by atoms with Crippen molar-refractivity contribution < 1.29 is 29.1 Å². The SMILES string of the molecule is O=C1[C@H]2[C@H](CC(COc3ccccc3)=C3B(O)O[C@H](c4ccc(O)cc4)C[C@H]32)C(=O)N1C1CCCCC1. The summed E-state index contributed by atoms with van der Waals surface area (Å²) < 4.78 is 12.1. The molecule has 192 valence electrons. The van der Waals surface area contributed by atoms with Crippen LogP contribution in [-0.4, -0.2) is 46.6 Å². The van der Waals surface area contributed by atoms with Gasteiger partial charge in [-0.3, -0.25) is 14.5 Å². The first kappa shape index (κ1) is 24.3. The fraction of sp³-hybridized carbons (Fsp3) is 0.448. The smallest absolute Gasteiger partial charge is 0.487 e. The Kier molecular flexibility index (Phi) is 6.55. The van der Waals surface area contributed by atoms with Crippen molar-refractivity contribution in [3.05, 3.63) is 71.2 Å². The highest BCUT2D eigenvalue weighted by Gasteiger charge is 2.59. The molecule has 0 bridgehead atoms. The number of para-hydroxylation sites is 1. The van der Waals surface area contributed by atoms with E-state index in [4.69, 9.17) is 9.39 Å². The number of amides is 2. The summed E-state index contributed by atoms with van der Waals surface area (Å²) in [5.41, 5.74) is 2.36. The largest absolute Gasteiger partial charge is 0.508 e. The number of benzene rings is 2. The lowest BCUT2D eigenvalue weighted by molar-refractivity contribution is -0.143. The summed E-state index contributed by atoms with van der Waals surface area (Å²) in [4.78, 5) is 29.2. The number of hydrogen-bond acceptors (Lipinski definition) is 6. The normalized spacial score (nSPS) is 28.4. The van der Waals surface area contributed by atoms with Gasteiger partial charge in [0.15, 0.2) is 0 Å². The van der Waals surface area contributed by atoms with Crippen LogP contribution >= 0.6 is 0 Å². The quantitative estimate of drug-likeness (QED) is 0.471. The van der Waals surface area contributed by atoms with Crippen LogP contribution in [0.3, 0.4) is 0 Å². The van der Waals surface area contributed by atoms with Crippen molar-refractivity contribution in [2.45, 2.75) is 57.1 Å². The van der Waals surface area contributed by atoms with Crippen LogP contribution in [0, 0.1) is 17.8 Å². The molecule has 0 unspecified atom stereocenters. The highest BCUT2D eigenvalue weighted by Crippen LogP contribution is 2.52. The second-order valence-electron chi connectivity index (χ2n) is 10.7. The van der Waals surface area contributed by atoms with Gasteiger partial charge >= 0.3 is 7.12 Å². The molecule has 8 heteroatoms. The lowest BCUT2D eigenvalue weighted by atomic mass is 9.55. The van der Waals surface area contributed by atoms with Crippen molar-refractivity contribution in [1.29, 1.82) is 0 Å². The van der Waals surface area contributed by atoms with E-state index in [1.807, 2.05) is 30.3 Å². The Balaban J connectivity index is 1.34. The third-order valence-corrected chi connectivity index (χ3v) is 8.61. The van der Waals surface area contributed by atoms with Crippen molar-refractivity contribution in [2.24, 2.45) is 17.8 Å². The van der Waals surface area contributed by atoms with Gasteiger partial charge in [0.1, 0.15) is 18.1 Å². The van der Waals surface area contributed by atoms with Crippen LogP contribution in [0.25, 0.3) is 0 Å². The number of carbonyl (C=O) groups is 2. The third kappa shape index (κ3) is 4.46. The van der Waals surface area contributed by atoms with E-state index in [0.717, 1.165) is 43.2 Å². The molecule has 0 aromatic heterocycles. The molecule has 2 heterocycles. The zero-order valence-corrected chi connectivity index (χ0v) is 20.8. The van der Waals surface area contributed by atoms with Crippen molar-refractivity contribution in [2.75, 3.05) is 6.61 Å². The van der Waals surface area contributed by atoms with Crippen LogP contribution in [-0.2, 0) is 14.2 Å². The van der Waals surface area contributed by atoms with Gasteiger partial charge in [0.2, 0.25) is 11.8 Å². The lowest BCUT2D eigenvalue weighted by Gasteiger charge is -2.42. The molecular formula is C29H32BNO6. The average molecular weight is 501 g/mol. The fourth-order valence-corrected chi connectivity index (χ4v) is 6.86. The van der Waals surface area contributed by atoms with Crippen LogP contribution < -0.4 is 4.74 Å². The number of imide groups is 1. The molecule has 37 heavy (non-hydrogen) atoms. The monoisotopic (exact) mass is 501 g/mol. The molecule has 2 aromatic carbocycles. The maximum atomic E-state index is 13.9. The Morgan fingerprint density at radius 3 is 2.41 bits per heavy atom. The van der Waals surface area contributed by atoms with Gasteiger partial charge in [-0.15, -0.1) is 0 Å². The van der Waals surface area contributed by atoms with E-state index in [2.05, 4.69) is 0 Å². The molecule has 4 atom stereocenters. The van der Waals surface area contributed by atoms with Gasteiger partial charge in [-0.05, 0) is 72.5 Å². The van der Waals surface area contributed by atoms with Crippen molar-refractivity contribution in [1.82, 2.24) is 4.90 Å². The molecule has 3 fully saturated rings. The van der Waals surface area contributed by atoms with Crippen LogP contribution in [0.15, 0.2) is 65.6 Å². The van der Waals surface area contributed by atoms with E-state index in [1.165, 1.54) is 0 Å². The number of allylic oxidation sites excluding steroid dienone is 1. The topological polar surface area (TPSA) is 96.3 Å². The number of nitrogens with zero attached hydrogens (tertiary/aromatic N) is 1. The number of likely N-dealkylation sites (tertiary alicyclic amines) is 1. The van der Waals surface area contributed by atoms with Crippen LogP contribution in [0.5, 0.6) is 11.5 Å². The second-order valence-corrected chi connectivity index (χ2v) is 10.7. The van der Waals surface area contributed by atoms with E-state index in [0.29, 0.717) is 24.1 Å². The average Bonchev–Trinajstić information content (AvgIpc) is 3.18. The molecule has 2 aliphatic carbocycles. The summed E-state index contributed by atoms with van der Waals surface area (Å²) in [6, 6.07) is 16.2. The van der Waals surface area contributed by atoms with E-state index >= 15 is 0 Å². The summed E-state index contributed by atoms with van der Waals surface area (Å²) in [6.07, 6.45) is 5.37. The summed E-state index contributed by atoms with van der Waals surface area (Å²) in [5.74, 6) is -0.558. The first-order valence-corrected chi connectivity index (χ1v) is 13.4. The standard InChI is InChI=1S/C29H32BNO6/c32-21-13-11-18(12-14-21)25-16-23-26-24(28(33)31(29(26)34)20-7-3-1-4-8-20)15-19(27(23)30(35)37-25)17-36-22-9-5-2-6-10-22/h2,5-6,9-14,20,23-26,32,35H,1,3-4,7-8,15-17H2/t23-,24-,25-,26+/m0/s1. The maximum absolute atomic E-state index is 13.9. The minimum Gasteiger partial charge on any atom is -0.508 e.